The van der Waals surface area contributed by atoms with Gasteiger partial charge in [0.2, 0.25) is 11.8 Å². The van der Waals surface area contributed by atoms with Gasteiger partial charge in [0, 0.05) is 37.1 Å². The Kier molecular flexibility index (Phi) is 6.10. The first-order valence-corrected chi connectivity index (χ1v) is 12.3. The van der Waals surface area contributed by atoms with Crippen molar-refractivity contribution in [3.05, 3.63) is 16.8 Å². The van der Waals surface area contributed by atoms with Gasteiger partial charge in [-0.2, -0.15) is 0 Å². The molecule has 1 aliphatic heterocycles. The minimum Gasteiger partial charge on any atom is -0.474 e. The number of aliphatic hydroxyl groups is 1. The van der Waals surface area contributed by atoms with E-state index >= 15 is 0 Å². The zero-order valence-corrected chi connectivity index (χ0v) is 18.6. The van der Waals surface area contributed by atoms with Gasteiger partial charge in [0.05, 0.1) is 5.39 Å². The summed E-state index contributed by atoms with van der Waals surface area (Å²) in [5.74, 6) is 0.0820. The third kappa shape index (κ3) is 4.28. The summed E-state index contributed by atoms with van der Waals surface area (Å²) in [7, 11) is 0. The molecule has 2 aliphatic carbocycles. The predicted octanol–water partition coefficient (Wildman–Crippen LogP) is 1.55. The van der Waals surface area contributed by atoms with E-state index in [1.807, 2.05) is 0 Å². The summed E-state index contributed by atoms with van der Waals surface area (Å²) in [6.07, 6.45) is 7.22. The second-order valence-electron chi connectivity index (χ2n) is 9.02. The fourth-order valence-electron chi connectivity index (χ4n) is 5.48. The summed E-state index contributed by atoms with van der Waals surface area (Å²) >= 11 is 1.68. The first-order valence-electron chi connectivity index (χ1n) is 11.4. The normalized spacial score (nSPS) is 27.8. The molecule has 2 atom stereocenters. The highest BCUT2D eigenvalue weighted by Crippen LogP contribution is 2.47. The number of primary amides is 1. The topological polar surface area (TPSA) is 114 Å². The van der Waals surface area contributed by atoms with E-state index in [4.69, 9.17) is 10.5 Å². The minimum absolute atomic E-state index is 0.0862. The van der Waals surface area contributed by atoms with Crippen LogP contribution in [0.2, 0.25) is 0 Å². The molecule has 2 fully saturated rings. The second-order valence-corrected chi connectivity index (χ2v) is 10.1. The molecule has 0 bridgehead atoms. The number of aryl methyl sites for hydroxylation is 1. The molecule has 0 unspecified atom stereocenters. The summed E-state index contributed by atoms with van der Waals surface area (Å²) in [5.41, 5.74) is 6.46. The van der Waals surface area contributed by atoms with Crippen molar-refractivity contribution in [3.63, 3.8) is 0 Å². The lowest BCUT2D eigenvalue weighted by atomic mass is 9.91. The van der Waals surface area contributed by atoms with E-state index < -0.39 is 12.0 Å². The number of carbonyl (C=O) groups excluding carboxylic acids is 1. The van der Waals surface area contributed by atoms with Crippen LogP contribution in [0, 0.1) is 0 Å². The summed E-state index contributed by atoms with van der Waals surface area (Å²) in [6.45, 7) is 4.46. The Morgan fingerprint density at radius 2 is 2.03 bits per heavy atom. The van der Waals surface area contributed by atoms with Crippen LogP contribution in [0.5, 0.6) is 5.88 Å². The highest BCUT2D eigenvalue weighted by Gasteiger charge is 2.34. The lowest BCUT2D eigenvalue weighted by Gasteiger charge is -2.39. The average molecular weight is 446 g/mol. The number of nitrogens with zero attached hydrogens (tertiary/aromatic N) is 3. The van der Waals surface area contributed by atoms with Crippen LogP contribution in [0.3, 0.4) is 0 Å². The molecule has 3 aliphatic rings. The van der Waals surface area contributed by atoms with Crippen LogP contribution in [0.25, 0.3) is 10.2 Å². The SMILES string of the molecule is NC(=O)[C@@H](O)C[C@H]1CCc2sc3ncnc(OC4CCC(N5CCNCC5)CC4)c3c21. The molecule has 9 heteroatoms. The minimum atomic E-state index is -1.12. The molecular formula is C22H31N5O3S. The molecule has 168 valence electrons. The number of piperazine rings is 1. The molecule has 31 heavy (non-hydrogen) atoms. The zero-order chi connectivity index (χ0) is 21.4. The number of thiophene rings is 1. The van der Waals surface area contributed by atoms with E-state index in [-0.39, 0.29) is 12.0 Å². The molecule has 0 spiro atoms. The maximum absolute atomic E-state index is 11.4. The van der Waals surface area contributed by atoms with Gasteiger partial charge in [-0.1, -0.05) is 0 Å². The quantitative estimate of drug-likeness (QED) is 0.618. The number of amides is 1. The highest BCUT2D eigenvalue weighted by atomic mass is 32.1. The van der Waals surface area contributed by atoms with Crippen LogP contribution in [-0.4, -0.2) is 70.3 Å². The molecule has 1 saturated carbocycles. The molecular weight excluding hydrogens is 414 g/mol. The van der Waals surface area contributed by atoms with Crippen molar-refractivity contribution in [2.45, 2.75) is 69.1 Å². The van der Waals surface area contributed by atoms with Crippen molar-refractivity contribution in [2.24, 2.45) is 5.73 Å². The van der Waals surface area contributed by atoms with Gasteiger partial charge in [-0.3, -0.25) is 9.69 Å². The Hall–Kier alpha value is -1.81. The summed E-state index contributed by atoms with van der Waals surface area (Å²) in [5, 5.41) is 14.5. The number of ether oxygens (including phenoxy) is 1. The third-order valence-corrected chi connectivity index (χ3v) is 8.29. The molecule has 2 aromatic rings. The van der Waals surface area contributed by atoms with Gasteiger partial charge < -0.3 is 20.9 Å². The third-order valence-electron chi connectivity index (χ3n) is 7.12. The van der Waals surface area contributed by atoms with Gasteiger partial charge in [0.25, 0.3) is 0 Å². The molecule has 1 amide bonds. The molecule has 0 aromatic carbocycles. The van der Waals surface area contributed by atoms with Crippen molar-refractivity contribution >= 4 is 27.5 Å². The molecule has 5 rings (SSSR count). The maximum Gasteiger partial charge on any atom is 0.246 e. The van der Waals surface area contributed by atoms with Crippen LogP contribution < -0.4 is 15.8 Å². The van der Waals surface area contributed by atoms with E-state index in [0.717, 1.165) is 80.5 Å². The number of hydrogen-bond donors (Lipinski definition) is 3. The number of hydrogen-bond acceptors (Lipinski definition) is 8. The van der Waals surface area contributed by atoms with Gasteiger partial charge >= 0.3 is 0 Å². The average Bonchev–Trinajstić information content (AvgIpc) is 3.35. The van der Waals surface area contributed by atoms with Crippen molar-refractivity contribution in [1.82, 2.24) is 20.2 Å². The van der Waals surface area contributed by atoms with Crippen molar-refractivity contribution in [1.29, 1.82) is 0 Å². The van der Waals surface area contributed by atoms with Gasteiger partial charge in [-0.15, -0.1) is 11.3 Å². The number of aliphatic hydroxyl groups excluding tert-OH is 1. The molecule has 2 aromatic heterocycles. The van der Waals surface area contributed by atoms with Gasteiger partial charge in [0.1, 0.15) is 23.4 Å². The smallest absolute Gasteiger partial charge is 0.246 e. The number of aromatic nitrogens is 2. The number of nitrogens with two attached hydrogens (primary N) is 1. The van der Waals surface area contributed by atoms with E-state index in [0.29, 0.717) is 18.3 Å². The summed E-state index contributed by atoms with van der Waals surface area (Å²) in [4.78, 5) is 25.2. The Balaban J connectivity index is 1.31. The molecule has 0 radical (unpaired) electrons. The van der Waals surface area contributed by atoms with Crippen molar-refractivity contribution < 1.29 is 14.6 Å². The van der Waals surface area contributed by atoms with Crippen LogP contribution in [0.15, 0.2) is 6.33 Å². The Morgan fingerprint density at radius 1 is 1.26 bits per heavy atom. The second kappa shape index (κ2) is 8.97. The lowest BCUT2D eigenvalue weighted by molar-refractivity contribution is -0.126. The molecule has 8 nitrogen and oxygen atoms in total. The predicted molar refractivity (Wildman–Crippen MR) is 119 cm³/mol. The number of rotatable bonds is 6. The van der Waals surface area contributed by atoms with Crippen LogP contribution in [0.4, 0.5) is 0 Å². The summed E-state index contributed by atoms with van der Waals surface area (Å²) < 4.78 is 6.46. The fraction of sp³-hybridized carbons (Fsp3) is 0.682. The first kappa shape index (κ1) is 21.1. The van der Waals surface area contributed by atoms with Crippen LogP contribution in [-0.2, 0) is 11.2 Å². The van der Waals surface area contributed by atoms with Gasteiger partial charge in [-0.05, 0) is 56.4 Å². The molecule has 1 saturated heterocycles. The first-order chi connectivity index (χ1) is 15.1. The maximum atomic E-state index is 11.4. The lowest BCUT2D eigenvalue weighted by Crippen LogP contribution is -2.50. The van der Waals surface area contributed by atoms with Crippen LogP contribution in [0.1, 0.15) is 54.9 Å². The Morgan fingerprint density at radius 3 is 2.77 bits per heavy atom. The molecule has 4 N–H and O–H groups in total. The zero-order valence-electron chi connectivity index (χ0n) is 17.8. The van der Waals surface area contributed by atoms with Crippen LogP contribution >= 0.6 is 11.3 Å². The number of nitrogens with one attached hydrogen (secondary N) is 1. The Labute approximate surface area is 186 Å². The van der Waals surface area contributed by atoms with Gasteiger partial charge in [-0.25, -0.2) is 9.97 Å². The van der Waals surface area contributed by atoms with Crippen molar-refractivity contribution in [2.75, 3.05) is 26.2 Å². The fourth-order valence-corrected chi connectivity index (χ4v) is 6.72. The largest absolute Gasteiger partial charge is 0.474 e. The molecule has 3 heterocycles. The highest BCUT2D eigenvalue weighted by molar-refractivity contribution is 7.19. The number of fused-ring (bicyclic) bond motifs is 3. The van der Waals surface area contributed by atoms with E-state index in [2.05, 4.69) is 20.2 Å². The summed E-state index contributed by atoms with van der Waals surface area (Å²) in [6, 6.07) is 0.664. The Bertz CT molecular complexity index is 937. The number of carbonyl (C=O) groups is 1. The van der Waals surface area contributed by atoms with E-state index in [1.165, 1.54) is 4.88 Å². The van der Waals surface area contributed by atoms with Crippen molar-refractivity contribution in [3.8, 4) is 5.88 Å². The van der Waals surface area contributed by atoms with Gasteiger partial charge in [0.15, 0.2) is 0 Å². The van der Waals surface area contributed by atoms with E-state index in [1.54, 1.807) is 17.7 Å². The standard InChI is InChI=1S/C22H31N5O3S/c23-20(29)16(28)11-13-1-6-17-18(13)19-21(25-12-26-22(19)31-17)30-15-4-2-14(3-5-15)27-9-7-24-8-10-27/h12-16,24,28H,1-11H2,(H2,23,29)/t13-,14?,15?,16+/m1/s1. The van der Waals surface area contributed by atoms with E-state index in [9.17, 15) is 9.90 Å². The monoisotopic (exact) mass is 445 g/mol.